The van der Waals surface area contributed by atoms with Gasteiger partial charge in [-0.3, -0.25) is 4.98 Å². The second kappa shape index (κ2) is 5.85. The Morgan fingerprint density at radius 3 is 2.58 bits per heavy atom. The highest BCUT2D eigenvalue weighted by Gasteiger charge is 2.18. The summed E-state index contributed by atoms with van der Waals surface area (Å²) < 4.78 is 5.49. The van der Waals surface area contributed by atoms with E-state index in [1.807, 2.05) is 25.5 Å². The number of hydrogen-bond donors (Lipinski definition) is 1. The maximum absolute atomic E-state index is 5.49. The Balaban J connectivity index is 2.54. The summed E-state index contributed by atoms with van der Waals surface area (Å²) in [4.78, 5) is 4.16. The molecule has 100 valence electrons. The lowest BCUT2D eigenvalue weighted by Gasteiger charge is -2.21. The Kier molecular flexibility index (Phi) is 4.17. The molecule has 19 heavy (non-hydrogen) atoms. The van der Waals surface area contributed by atoms with Crippen molar-refractivity contribution in [3.63, 3.8) is 0 Å². The van der Waals surface area contributed by atoms with Gasteiger partial charge >= 0.3 is 0 Å². The van der Waals surface area contributed by atoms with Crippen LogP contribution in [0, 0.1) is 13.8 Å². The van der Waals surface area contributed by atoms with E-state index < -0.39 is 0 Å². The number of rotatable bonds is 4. The van der Waals surface area contributed by atoms with Gasteiger partial charge in [0.1, 0.15) is 5.75 Å². The van der Waals surface area contributed by atoms with E-state index in [2.05, 4.69) is 42.3 Å². The average molecular weight is 256 g/mol. The van der Waals surface area contributed by atoms with Crippen LogP contribution in [0.5, 0.6) is 5.75 Å². The number of pyridine rings is 1. The minimum absolute atomic E-state index is 0.109. The molecule has 1 N–H and O–H groups in total. The zero-order valence-corrected chi connectivity index (χ0v) is 11.9. The maximum Gasteiger partial charge on any atom is 0.123 e. The molecule has 2 rings (SSSR count). The molecular weight excluding hydrogens is 236 g/mol. The van der Waals surface area contributed by atoms with Crippen molar-refractivity contribution in [1.82, 2.24) is 10.3 Å². The Morgan fingerprint density at radius 1 is 1.16 bits per heavy atom. The van der Waals surface area contributed by atoms with Gasteiger partial charge in [0, 0.05) is 18.0 Å². The number of aryl methyl sites for hydroxylation is 2. The lowest BCUT2D eigenvalue weighted by Crippen LogP contribution is -2.19. The first-order valence-electron chi connectivity index (χ1n) is 6.39. The number of hydrogen-bond acceptors (Lipinski definition) is 3. The van der Waals surface area contributed by atoms with Gasteiger partial charge in [-0.25, -0.2) is 0 Å². The van der Waals surface area contributed by atoms with Gasteiger partial charge < -0.3 is 10.1 Å². The molecule has 1 aromatic carbocycles. The van der Waals surface area contributed by atoms with Crippen LogP contribution in [0.25, 0.3) is 0 Å². The molecule has 1 heterocycles. The van der Waals surface area contributed by atoms with Gasteiger partial charge in [0.2, 0.25) is 0 Å². The van der Waals surface area contributed by atoms with Crippen LogP contribution in [-0.4, -0.2) is 19.1 Å². The van der Waals surface area contributed by atoms with Crippen LogP contribution in [-0.2, 0) is 0 Å². The van der Waals surface area contributed by atoms with Crippen molar-refractivity contribution in [2.75, 3.05) is 14.2 Å². The molecule has 0 saturated heterocycles. The van der Waals surface area contributed by atoms with Crippen molar-refractivity contribution >= 4 is 0 Å². The third-order valence-corrected chi connectivity index (χ3v) is 3.36. The van der Waals surface area contributed by atoms with E-state index in [1.54, 1.807) is 7.11 Å². The number of nitrogens with one attached hydrogen (secondary N) is 1. The molecule has 3 heteroatoms. The van der Waals surface area contributed by atoms with E-state index in [-0.39, 0.29) is 6.04 Å². The van der Waals surface area contributed by atoms with Crippen molar-refractivity contribution in [3.05, 3.63) is 58.9 Å². The van der Waals surface area contributed by atoms with Gasteiger partial charge in [0.05, 0.1) is 13.2 Å². The lowest BCUT2D eigenvalue weighted by atomic mass is 9.94. The van der Waals surface area contributed by atoms with E-state index >= 15 is 0 Å². The SMILES string of the molecule is CNC(c1ccncc1C)c1cc(C)ccc1OC. The minimum Gasteiger partial charge on any atom is -0.496 e. The number of methoxy groups -OCH3 is 1. The summed E-state index contributed by atoms with van der Waals surface area (Å²) in [5, 5.41) is 3.37. The van der Waals surface area contributed by atoms with Gasteiger partial charge in [-0.05, 0) is 44.2 Å². The molecule has 1 aromatic heterocycles. The molecule has 1 unspecified atom stereocenters. The molecule has 0 fully saturated rings. The quantitative estimate of drug-likeness (QED) is 0.913. The van der Waals surface area contributed by atoms with Gasteiger partial charge in [0.15, 0.2) is 0 Å². The molecule has 0 bridgehead atoms. The summed E-state index contributed by atoms with van der Waals surface area (Å²) in [7, 11) is 3.67. The molecule has 3 nitrogen and oxygen atoms in total. The molecule has 0 amide bonds. The maximum atomic E-state index is 5.49. The second-order valence-electron chi connectivity index (χ2n) is 4.70. The van der Waals surface area contributed by atoms with Crippen molar-refractivity contribution in [3.8, 4) is 5.75 Å². The first kappa shape index (κ1) is 13.6. The van der Waals surface area contributed by atoms with E-state index in [0.717, 1.165) is 11.3 Å². The minimum atomic E-state index is 0.109. The number of aromatic nitrogens is 1. The lowest BCUT2D eigenvalue weighted by molar-refractivity contribution is 0.405. The standard InChI is InChI=1S/C16H20N2O/c1-11-5-6-15(19-4)14(9-11)16(17-3)13-7-8-18-10-12(13)2/h5-10,16-17H,1-4H3. The zero-order chi connectivity index (χ0) is 13.8. The van der Waals surface area contributed by atoms with Gasteiger partial charge in [-0.2, -0.15) is 0 Å². The molecule has 2 aromatic rings. The molecule has 0 aliphatic rings. The summed E-state index contributed by atoms with van der Waals surface area (Å²) in [5.41, 5.74) is 4.77. The summed E-state index contributed by atoms with van der Waals surface area (Å²) in [6.07, 6.45) is 3.72. The van der Waals surface area contributed by atoms with Crippen LogP contribution in [0.3, 0.4) is 0 Å². The van der Waals surface area contributed by atoms with E-state index in [1.165, 1.54) is 16.7 Å². The van der Waals surface area contributed by atoms with E-state index in [4.69, 9.17) is 4.74 Å². The fourth-order valence-corrected chi connectivity index (χ4v) is 2.37. The average Bonchev–Trinajstić information content (AvgIpc) is 2.42. The smallest absolute Gasteiger partial charge is 0.123 e. The highest BCUT2D eigenvalue weighted by Crippen LogP contribution is 2.31. The molecule has 0 aliphatic carbocycles. The fraction of sp³-hybridized carbons (Fsp3) is 0.312. The fourth-order valence-electron chi connectivity index (χ4n) is 2.37. The first-order valence-corrected chi connectivity index (χ1v) is 6.39. The van der Waals surface area contributed by atoms with Crippen LogP contribution in [0.2, 0.25) is 0 Å². The first-order chi connectivity index (χ1) is 9.17. The van der Waals surface area contributed by atoms with Crippen molar-refractivity contribution in [2.45, 2.75) is 19.9 Å². The Hall–Kier alpha value is -1.87. The van der Waals surface area contributed by atoms with Crippen LogP contribution in [0.15, 0.2) is 36.7 Å². The topological polar surface area (TPSA) is 34.2 Å². The number of nitrogens with zero attached hydrogens (tertiary/aromatic N) is 1. The monoisotopic (exact) mass is 256 g/mol. The normalized spacial score (nSPS) is 12.2. The summed E-state index contributed by atoms with van der Waals surface area (Å²) in [6, 6.07) is 8.41. The van der Waals surface area contributed by atoms with Gasteiger partial charge in [-0.1, -0.05) is 17.7 Å². The van der Waals surface area contributed by atoms with Crippen molar-refractivity contribution in [2.24, 2.45) is 0 Å². The predicted octanol–water partition coefficient (Wildman–Crippen LogP) is 3.02. The summed E-state index contributed by atoms with van der Waals surface area (Å²) >= 11 is 0. The third kappa shape index (κ3) is 2.76. The number of ether oxygens (including phenoxy) is 1. The van der Waals surface area contributed by atoms with E-state index in [0.29, 0.717) is 0 Å². The molecule has 0 spiro atoms. The molecular formula is C16H20N2O. The molecule has 1 atom stereocenters. The van der Waals surface area contributed by atoms with Crippen LogP contribution in [0.4, 0.5) is 0 Å². The third-order valence-electron chi connectivity index (χ3n) is 3.36. The van der Waals surface area contributed by atoms with Crippen molar-refractivity contribution < 1.29 is 4.74 Å². The largest absolute Gasteiger partial charge is 0.496 e. The van der Waals surface area contributed by atoms with Crippen LogP contribution >= 0.6 is 0 Å². The second-order valence-corrected chi connectivity index (χ2v) is 4.70. The molecule has 0 saturated carbocycles. The Bertz CT molecular complexity index is 566. The van der Waals surface area contributed by atoms with Gasteiger partial charge in [0.25, 0.3) is 0 Å². The van der Waals surface area contributed by atoms with Crippen LogP contribution < -0.4 is 10.1 Å². The van der Waals surface area contributed by atoms with Gasteiger partial charge in [-0.15, -0.1) is 0 Å². The highest BCUT2D eigenvalue weighted by atomic mass is 16.5. The van der Waals surface area contributed by atoms with Crippen LogP contribution in [0.1, 0.15) is 28.3 Å². The number of benzene rings is 1. The molecule has 0 aliphatic heterocycles. The van der Waals surface area contributed by atoms with E-state index in [9.17, 15) is 0 Å². The van der Waals surface area contributed by atoms with Crippen molar-refractivity contribution in [1.29, 1.82) is 0 Å². The Labute approximate surface area is 114 Å². The Morgan fingerprint density at radius 2 is 1.95 bits per heavy atom. The summed E-state index contributed by atoms with van der Waals surface area (Å²) in [5.74, 6) is 0.904. The highest BCUT2D eigenvalue weighted by molar-refractivity contribution is 5.45. The summed E-state index contributed by atoms with van der Waals surface area (Å²) in [6.45, 7) is 4.17. The zero-order valence-electron chi connectivity index (χ0n) is 11.9. The molecule has 0 radical (unpaired) electrons. The predicted molar refractivity (Wildman–Crippen MR) is 77.6 cm³/mol.